The third-order valence-corrected chi connectivity index (χ3v) is 5.04. The molecule has 0 aliphatic rings. The Labute approximate surface area is 189 Å². The van der Waals surface area contributed by atoms with Crippen molar-refractivity contribution in [1.82, 2.24) is 15.0 Å². The second kappa shape index (κ2) is 10.7. The first-order valence-corrected chi connectivity index (χ1v) is 10.4. The zero-order valence-corrected chi connectivity index (χ0v) is 18.5. The molecule has 2 aromatic carbocycles. The van der Waals surface area contributed by atoms with E-state index in [4.69, 9.17) is 16.3 Å². The van der Waals surface area contributed by atoms with Gasteiger partial charge in [0, 0.05) is 24.8 Å². The molecule has 10 heteroatoms. The van der Waals surface area contributed by atoms with Crippen LogP contribution in [0, 0.1) is 5.82 Å². The van der Waals surface area contributed by atoms with Gasteiger partial charge in [-0.15, -0.1) is 5.10 Å². The van der Waals surface area contributed by atoms with Gasteiger partial charge in [-0.25, -0.2) is 9.07 Å². The summed E-state index contributed by atoms with van der Waals surface area (Å²) in [5.74, 6) is -0.442. The summed E-state index contributed by atoms with van der Waals surface area (Å²) in [4.78, 5) is 25.7. The Morgan fingerprint density at radius 2 is 2.03 bits per heavy atom. The highest BCUT2D eigenvalue weighted by Crippen LogP contribution is 2.26. The molecule has 1 amide bonds. The number of amides is 1. The van der Waals surface area contributed by atoms with Gasteiger partial charge in [-0.1, -0.05) is 16.8 Å². The molecule has 0 bridgehead atoms. The van der Waals surface area contributed by atoms with Crippen LogP contribution in [0.5, 0.6) is 5.75 Å². The number of carbonyl (C=O) groups is 2. The number of nitrogens with zero attached hydrogens (tertiary/aromatic N) is 4. The van der Waals surface area contributed by atoms with E-state index in [1.165, 1.54) is 16.8 Å². The van der Waals surface area contributed by atoms with E-state index in [1.807, 2.05) is 12.1 Å². The zero-order chi connectivity index (χ0) is 23.1. The third-order valence-electron chi connectivity index (χ3n) is 4.73. The van der Waals surface area contributed by atoms with E-state index in [1.54, 1.807) is 12.3 Å². The number of hydrogen-bond donors (Lipinski definition) is 1. The van der Waals surface area contributed by atoms with Crippen molar-refractivity contribution >= 4 is 35.2 Å². The molecule has 168 valence electrons. The van der Waals surface area contributed by atoms with Crippen molar-refractivity contribution in [2.45, 2.75) is 27.0 Å². The Balaban J connectivity index is 1.62. The van der Waals surface area contributed by atoms with Crippen LogP contribution < -0.4 is 15.0 Å². The SMILES string of the molecule is CCN(CC)c1ccc(C=O)c(OCc2cn(CC(=O)Nc3ccc(F)cc3Cl)nn2)c1. The third kappa shape index (κ3) is 5.82. The number of aldehydes is 1. The second-order valence-corrected chi connectivity index (χ2v) is 7.29. The maximum absolute atomic E-state index is 13.1. The molecule has 0 radical (unpaired) electrons. The first-order valence-electron chi connectivity index (χ1n) is 10.0. The number of rotatable bonds is 10. The molecule has 3 aromatic rings. The zero-order valence-electron chi connectivity index (χ0n) is 17.7. The number of anilines is 2. The lowest BCUT2D eigenvalue weighted by molar-refractivity contribution is -0.116. The minimum absolute atomic E-state index is 0.0773. The summed E-state index contributed by atoms with van der Waals surface area (Å²) in [6.45, 7) is 5.73. The fourth-order valence-corrected chi connectivity index (χ4v) is 3.31. The summed E-state index contributed by atoms with van der Waals surface area (Å²) in [5.41, 5.74) is 2.18. The largest absolute Gasteiger partial charge is 0.486 e. The van der Waals surface area contributed by atoms with Gasteiger partial charge >= 0.3 is 0 Å². The van der Waals surface area contributed by atoms with Crippen molar-refractivity contribution in [3.8, 4) is 5.75 Å². The Hall–Kier alpha value is -3.46. The summed E-state index contributed by atoms with van der Waals surface area (Å²) in [7, 11) is 0. The Bertz CT molecular complexity index is 1100. The molecule has 0 spiro atoms. The monoisotopic (exact) mass is 459 g/mol. The van der Waals surface area contributed by atoms with E-state index in [0.717, 1.165) is 31.1 Å². The normalized spacial score (nSPS) is 10.6. The predicted molar refractivity (Wildman–Crippen MR) is 120 cm³/mol. The number of nitrogens with one attached hydrogen (secondary N) is 1. The van der Waals surface area contributed by atoms with Gasteiger partial charge in [-0.05, 0) is 44.2 Å². The van der Waals surface area contributed by atoms with Gasteiger partial charge < -0.3 is 15.0 Å². The summed E-state index contributed by atoms with van der Waals surface area (Å²) in [5, 5.41) is 10.6. The van der Waals surface area contributed by atoms with Gasteiger partial charge in [0.1, 0.15) is 30.4 Å². The molecule has 0 aliphatic heterocycles. The highest BCUT2D eigenvalue weighted by atomic mass is 35.5. The molecule has 32 heavy (non-hydrogen) atoms. The minimum atomic E-state index is -0.491. The molecule has 1 N–H and O–H groups in total. The molecule has 0 atom stereocenters. The molecular formula is C22H23ClFN5O3. The lowest BCUT2D eigenvalue weighted by Gasteiger charge is -2.22. The van der Waals surface area contributed by atoms with Crippen LogP contribution in [-0.4, -0.2) is 40.3 Å². The van der Waals surface area contributed by atoms with Crippen LogP contribution >= 0.6 is 11.6 Å². The average molecular weight is 460 g/mol. The first-order chi connectivity index (χ1) is 15.4. The number of benzene rings is 2. The van der Waals surface area contributed by atoms with Crippen molar-refractivity contribution in [1.29, 1.82) is 0 Å². The van der Waals surface area contributed by atoms with Gasteiger partial charge in [0.2, 0.25) is 5.91 Å². The number of aromatic nitrogens is 3. The summed E-state index contributed by atoms with van der Waals surface area (Å²) < 4.78 is 20.3. The van der Waals surface area contributed by atoms with E-state index in [2.05, 4.69) is 34.4 Å². The lowest BCUT2D eigenvalue weighted by atomic mass is 10.2. The average Bonchev–Trinajstić information content (AvgIpc) is 3.22. The number of hydrogen-bond acceptors (Lipinski definition) is 6. The second-order valence-electron chi connectivity index (χ2n) is 6.88. The van der Waals surface area contributed by atoms with E-state index in [-0.39, 0.29) is 18.2 Å². The van der Waals surface area contributed by atoms with Gasteiger partial charge in [-0.2, -0.15) is 0 Å². The van der Waals surface area contributed by atoms with Gasteiger partial charge in [-0.3, -0.25) is 9.59 Å². The fourth-order valence-electron chi connectivity index (χ4n) is 3.09. The van der Waals surface area contributed by atoms with Crippen molar-refractivity contribution in [2.24, 2.45) is 0 Å². The number of ether oxygens (including phenoxy) is 1. The standard InChI is InChI=1S/C22H23ClFN5O3/c1-3-28(4-2)18-7-5-15(13-30)21(10-18)32-14-17-11-29(27-26-17)12-22(31)25-20-8-6-16(24)9-19(20)23/h5-11,13H,3-4,12,14H2,1-2H3,(H,25,31). The quantitative estimate of drug-likeness (QED) is 0.462. The van der Waals surface area contributed by atoms with Crippen molar-refractivity contribution in [3.63, 3.8) is 0 Å². The molecule has 1 aromatic heterocycles. The van der Waals surface area contributed by atoms with Gasteiger partial charge in [0.05, 0.1) is 22.5 Å². The van der Waals surface area contributed by atoms with Crippen molar-refractivity contribution in [3.05, 3.63) is 64.7 Å². The molecule has 0 aliphatic carbocycles. The van der Waals surface area contributed by atoms with Crippen LogP contribution in [0.3, 0.4) is 0 Å². The fraction of sp³-hybridized carbons (Fsp3) is 0.273. The summed E-state index contributed by atoms with van der Waals surface area (Å²) in [6, 6.07) is 9.12. The molecule has 3 rings (SSSR count). The van der Waals surface area contributed by atoms with Crippen LogP contribution in [-0.2, 0) is 17.9 Å². The van der Waals surface area contributed by atoms with Gasteiger partial charge in [0.15, 0.2) is 6.29 Å². The van der Waals surface area contributed by atoms with Crippen molar-refractivity contribution < 1.29 is 18.7 Å². The van der Waals surface area contributed by atoms with E-state index < -0.39 is 11.7 Å². The van der Waals surface area contributed by atoms with E-state index in [0.29, 0.717) is 22.7 Å². The Kier molecular flexibility index (Phi) is 7.77. The molecule has 0 saturated heterocycles. The predicted octanol–water partition coefficient (Wildman–Crippen LogP) is 3.95. The summed E-state index contributed by atoms with van der Waals surface area (Å²) in [6.07, 6.45) is 2.31. The first kappa shape index (κ1) is 23.2. The van der Waals surface area contributed by atoms with Crippen LogP contribution in [0.1, 0.15) is 29.9 Å². The van der Waals surface area contributed by atoms with Crippen LogP contribution in [0.2, 0.25) is 5.02 Å². The highest BCUT2D eigenvalue weighted by molar-refractivity contribution is 6.33. The van der Waals surface area contributed by atoms with Crippen molar-refractivity contribution in [2.75, 3.05) is 23.3 Å². The lowest BCUT2D eigenvalue weighted by Crippen LogP contribution is -2.21. The summed E-state index contributed by atoms with van der Waals surface area (Å²) >= 11 is 5.92. The topological polar surface area (TPSA) is 89.4 Å². The molecule has 0 fully saturated rings. The van der Waals surface area contributed by atoms with E-state index in [9.17, 15) is 14.0 Å². The van der Waals surface area contributed by atoms with E-state index >= 15 is 0 Å². The molecule has 0 saturated carbocycles. The molecular weight excluding hydrogens is 437 g/mol. The molecule has 1 heterocycles. The molecule has 0 unspecified atom stereocenters. The molecule has 8 nitrogen and oxygen atoms in total. The smallest absolute Gasteiger partial charge is 0.246 e. The maximum atomic E-state index is 13.1. The van der Waals surface area contributed by atoms with Gasteiger partial charge in [0.25, 0.3) is 0 Å². The van der Waals surface area contributed by atoms with Crippen LogP contribution in [0.25, 0.3) is 0 Å². The Morgan fingerprint density at radius 3 is 2.72 bits per heavy atom. The Morgan fingerprint density at radius 1 is 1.25 bits per heavy atom. The van der Waals surface area contributed by atoms with Crippen LogP contribution in [0.4, 0.5) is 15.8 Å². The highest BCUT2D eigenvalue weighted by Gasteiger charge is 2.12. The number of carbonyl (C=O) groups excluding carboxylic acids is 2. The number of halogens is 2. The minimum Gasteiger partial charge on any atom is -0.486 e. The van der Waals surface area contributed by atoms with Crippen LogP contribution in [0.15, 0.2) is 42.6 Å². The maximum Gasteiger partial charge on any atom is 0.246 e.